The van der Waals surface area contributed by atoms with E-state index in [4.69, 9.17) is 4.74 Å². The van der Waals surface area contributed by atoms with Crippen molar-refractivity contribution in [2.24, 2.45) is 0 Å². The van der Waals surface area contributed by atoms with Crippen molar-refractivity contribution in [2.45, 2.75) is 18.7 Å². The second-order valence-corrected chi connectivity index (χ2v) is 4.29. The summed E-state index contributed by atoms with van der Waals surface area (Å²) < 4.78 is 55.6. The summed E-state index contributed by atoms with van der Waals surface area (Å²) in [6.45, 7) is 2.99. The van der Waals surface area contributed by atoms with Crippen LogP contribution < -0.4 is 10.1 Å². The van der Waals surface area contributed by atoms with E-state index in [1.165, 1.54) is 0 Å². The predicted molar refractivity (Wildman–Crippen MR) is 53.3 cm³/mol. The standard InChI is InChI=1S/C11H11F4NO/c1-10(5-16-6-10)17-7-2-3-8(9(12)4-7)11(13,14)15/h2-4,16H,5-6H2,1H3. The van der Waals surface area contributed by atoms with Crippen molar-refractivity contribution >= 4 is 0 Å². The molecule has 6 heteroatoms. The maximum absolute atomic E-state index is 13.2. The molecule has 0 unspecified atom stereocenters. The molecule has 1 aliphatic heterocycles. The van der Waals surface area contributed by atoms with Gasteiger partial charge in [-0.2, -0.15) is 13.2 Å². The average molecular weight is 249 g/mol. The molecule has 17 heavy (non-hydrogen) atoms. The van der Waals surface area contributed by atoms with E-state index in [1.54, 1.807) is 6.92 Å². The molecule has 0 bridgehead atoms. The number of halogens is 4. The highest BCUT2D eigenvalue weighted by Gasteiger charge is 2.36. The molecule has 0 atom stereocenters. The highest BCUT2D eigenvalue weighted by molar-refractivity contribution is 5.31. The zero-order valence-electron chi connectivity index (χ0n) is 9.07. The van der Waals surface area contributed by atoms with Crippen molar-refractivity contribution in [3.63, 3.8) is 0 Å². The Morgan fingerprint density at radius 1 is 1.29 bits per heavy atom. The largest absolute Gasteiger partial charge is 0.485 e. The molecule has 0 aromatic heterocycles. The molecule has 0 amide bonds. The Bertz CT molecular complexity index is 426. The third-order valence-corrected chi connectivity index (χ3v) is 2.61. The van der Waals surface area contributed by atoms with Gasteiger partial charge in [0.2, 0.25) is 0 Å². The van der Waals surface area contributed by atoms with E-state index in [1.807, 2.05) is 0 Å². The minimum absolute atomic E-state index is 0.111. The van der Waals surface area contributed by atoms with Crippen LogP contribution in [0.2, 0.25) is 0 Å². The number of hydrogen-bond acceptors (Lipinski definition) is 2. The summed E-state index contributed by atoms with van der Waals surface area (Å²) in [4.78, 5) is 0. The fourth-order valence-electron chi connectivity index (χ4n) is 1.62. The Labute approximate surface area is 95.6 Å². The number of ether oxygens (including phenoxy) is 1. The van der Waals surface area contributed by atoms with Crippen LogP contribution in [0, 0.1) is 5.82 Å². The number of benzene rings is 1. The summed E-state index contributed by atoms with van der Waals surface area (Å²) in [5.74, 6) is -1.20. The third kappa shape index (κ3) is 2.52. The molecule has 1 aromatic carbocycles. The maximum Gasteiger partial charge on any atom is 0.419 e. The van der Waals surface area contributed by atoms with Crippen LogP contribution in [0.15, 0.2) is 18.2 Å². The fraction of sp³-hybridized carbons (Fsp3) is 0.455. The van der Waals surface area contributed by atoms with Gasteiger partial charge in [-0.25, -0.2) is 4.39 Å². The van der Waals surface area contributed by atoms with Crippen molar-refractivity contribution in [2.75, 3.05) is 13.1 Å². The van der Waals surface area contributed by atoms with Crippen molar-refractivity contribution < 1.29 is 22.3 Å². The van der Waals surface area contributed by atoms with Gasteiger partial charge in [-0.1, -0.05) is 0 Å². The molecule has 0 aliphatic carbocycles. The van der Waals surface area contributed by atoms with Gasteiger partial charge < -0.3 is 10.1 Å². The van der Waals surface area contributed by atoms with Gasteiger partial charge in [0.1, 0.15) is 17.2 Å². The van der Waals surface area contributed by atoms with Gasteiger partial charge in [-0.05, 0) is 19.1 Å². The van der Waals surface area contributed by atoms with Crippen LogP contribution in [0.1, 0.15) is 12.5 Å². The smallest absolute Gasteiger partial charge is 0.419 e. The molecule has 1 heterocycles. The van der Waals surface area contributed by atoms with Gasteiger partial charge in [0, 0.05) is 19.2 Å². The van der Waals surface area contributed by atoms with Gasteiger partial charge in [-0.3, -0.25) is 0 Å². The van der Waals surface area contributed by atoms with Crippen LogP contribution in [0.25, 0.3) is 0 Å². The Kier molecular flexibility index (Phi) is 2.77. The van der Waals surface area contributed by atoms with Crippen molar-refractivity contribution in [3.05, 3.63) is 29.6 Å². The summed E-state index contributed by atoms with van der Waals surface area (Å²) in [7, 11) is 0. The van der Waals surface area contributed by atoms with E-state index in [0.717, 1.165) is 12.1 Å². The van der Waals surface area contributed by atoms with Gasteiger partial charge in [0.15, 0.2) is 0 Å². The molecule has 94 valence electrons. The lowest BCUT2D eigenvalue weighted by Gasteiger charge is -2.39. The highest BCUT2D eigenvalue weighted by Crippen LogP contribution is 2.33. The second kappa shape index (κ2) is 3.87. The lowest BCUT2D eigenvalue weighted by atomic mass is 10.00. The topological polar surface area (TPSA) is 21.3 Å². The van der Waals surface area contributed by atoms with Gasteiger partial charge in [0.05, 0.1) is 5.56 Å². The summed E-state index contributed by atoms with van der Waals surface area (Å²) in [5.41, 5.74) is -1.74. The molecular formula is C11H11F4NO. The first-order chi connectivity index (χ1) is 7.80. The van der Waals surface area contributed by atoms with Crippen LogP contribution >= 0.6 is 0 Å². The first kappa shape index (κ1) is 12.2. The Balaban J connectivity index is 2.19. The Morgan fingerprint density at radius 3 is 2.35 bits per heavy atom. The zero-order chi connectivity index (χ0) is 12.7. The van der Waals surface area contributed by atoms with Crippen LogP contribution in [0.4, 0.5) is 17.6 Å². The van der Waals surface area contributed by atoms with Gasteiger partial charge >= 0.3 is 6.18 Å². The Hall–Kier alpha value is -1.30. The second-order valence-electron chi connectivity index (χ2n) is 4.29. The summed E-state index contributed by atoms with van der Waals surface area (Å²) in [5, 5.41) is 2.97. The van der Waals surface area contributed by atoms with Crippen LogP contribution in [0.5, 0.6) is 5.75 Å². The highest BCUT2D eigenvalue weighted by atomic mass is 19.4. The lowest BCUT2D eigenvalue weighted by molar-refractivity contribution is -0.140. The van der Waals surface area contributed by atoms with E-state index < -0.39 is 23.2 Å². The van der Waals surface area contributed by atoms with Crippen LogP contribution in [-0.2, 0) is 6.18 Å². The van der Waals surface area contributed by atoms with E-state index in [2.05, 4.69) is 5.32 Å². The minimum Gasteiger partial charge on any atom is -0.485 e. The zero-order valence-corrected chi connectivity index (χ0v) is 9.07. The molecule has 1 aliphatic rings. The molecule has 1 saturated heterocycles. The summed E-state index contributed by atoms with van der Waals surface area (Å²) in [6, 6.07) is 2.60. The van der Waals surface area contributed by atoms with E-state index in [0.29, 0.717) is 19.2 Å². The molecule has 0 saturated carbocycles. The first-order valence-corrected chi connectivity index (χ1v) is 5.07. The predicted octanol–water partition coefficient (Wildman–Crippen LogP) is 2.59. The number of alkyl halides is 3. The van der Waals surface area contributed by atoms with Gasteiger partial charge in [-0.15, -0.1) is 0 Å². The quantitative estimate of drug-likeness (QED) is 0.813. The summed E-state index contributed by atoms with van der Waals surface area (Å²) in [6.07, 6.45) is -4.68. The van der Waals surface area contributed by atoms with E-state index in [-0.39, 0.29) is 5.75 Å². The number of hydrogen-bond donors (Lipinski definition) is 1. The molecule has 0 spiro atoms. The molecule has 2 nitrogen and oxygen atoms in total. The number of nitrogens with one attached hydrogen (secondary N) is 1. The summed E-state index contributed by atoms with van der Waals surface area (Å²) >= 11 is 0. The van der Waals surface area contributed by atoms with E-state index in [9.17, 15) is 17.6 Å². The van der Waals surface area contributed by atoms with Crippen LogP contribution in [-0.4, -0.2) is 18.7 Å². The molecule has 1 N–H and O–H groups in total. The Morgan fingerprint density at radius 2 is 1.94 bits per heavy atom. The molecule has 1 fully saturated rings. The lowest BCUT2D eigenvalue weighted by Crippen LogP contribution is -2.61. The molecule has 2 rings (SSSR count). The fourth-order valence-corrected chi connectivity index (χ4v) is 1.62. The monoisotopic (exact) mass is 249 g/mol. The van der Waals surface area contributed by atoms with Crippen LogP contribution in [0.3, 0.4) is 0 Å². The molecule has 0 radical (unpaired) electrons. The number of rotatable bonds is 2. The van der Waals surface area contributed by atoms with E-state index >= 15 is 0 Å². The third-order valence-electron chi connectivity index (χ3n) is 2.61. The molecular weight excluding hydrogens is 238 g/mol. The first-order valence-electron chi connectivity index (χ1n) is 5.07. The van der Waals surface area contributed by atoms with Crippen molar-refractivity contribution in [1.82, 2.24) is 5.32 Å². The normalized spacial score (nSPS) is 18.6. The SMILES string of the molecule is CC1(Oc2ccc(C(F)(F)F)c(F)c2)CNC1. The van der Waals surface area contributed by atoms with Crippen molar-refractivity contribution in [1.29, 1.82) is 0 Å². The minimum atomic E-state index is -4.68. The van der Waals surface area contributed by atoms with Gasteiger partial charge in [0.25, 0.3) is 0 Å². The maximum atomic E-state index is 13.2. The average Bonchev–Trinajstić information content (AvgIpc) is 2.13. The molecule has 1 aromatic rings. The van der Waals surface area contributed by atoms with Crippen molar-refractivity contribution in [3.8, 4) is 5.75 Å².